The molecule has 19 heavy (non-hydrogen) atoms. The zero-order valence-electron chi connectivity index (χ0n) is 11.5. The van der Waals surface area contributed by atoms with E-state index in [-0.39, 0.29) is 10.6 Å². The van der Waals surface area contributed by atoms with Gasteiger partial charge in [-0.25, -0.2) is 0 Å². The fraction of sp³-hybridized carbons (Fsp3) is 0.571. The lowest BCUT2D eigenvalue weighted by atomic mass is 10.0. The first kappa shape index (κ1) is 15.9. The third kappa shape index (κ3) is 5.17. The number of rotatable bonds is 8. The minimum absolute atomic E-state index is 0.163. The highest BCUT2D eigenvalue weighted by Gasteiger charge is 2.15. The first-order chi connectivity index (χ1) is 9.08. The van der Waals surface area contributed by atoms with Crippen LogP contribution in [0.15, 0.2) is 18.2 Å². The minimum atomic E-state index is -0.340. The maximum atomic E-state index is 11.0. The number of nitrogens with one attached hydrogen (secondary N) is 1. The summed E-state index contributed by atoms with van der Waals surface area (Å²) in [4.78, 5) is 10.6. The molecule has 0 aliphatic carbocycles. The summed E-state index contributed by atoms with van der Waals surface area (Å²) in [5.41, 5.74) is 0.882. The Bertz CT molecular complexity index is 418. The summed E-state index contributed by atoms with van der Waals surface area (Å²) in [6.07, 6.45) is 3.76. The van der Waals surface area contributed by atoms with Crippen molar-refractivity contribution in [3.05, 3.63) is 38.9 Å². The van der Waals surface area contributed by atoms with E-state index in [1.807, 2.05) is 0 Å². The fourth-order valence-electron chi connectivity index (χ4n) is 2.25. The Morgan fingerprint density at radius 2 is 2.11 bits per heavy atom. The first-order valence-electron chi connectivity index (χ1n) is 6.74. The van der Waals surface area contributed by atoms with E-state index in [9.17, 15) is 10.1 Å². The van der Waals surface area contributed by atoms with Gasteiger partial charge in [-0.2, -0.15) is 0 Å². The molecule has 0 radical (unpaired) electrons. The summed E-state index contributed by atoms with van der Waals surface area (Å²) in [5.74, 6) is 0. The van der Waals surface area contributed by atoms with Gasteiger partial charge in [0.05, 0.1) is 4.92 Å². The van der Waals surface area contributed by atoms with Crippen LogP contribution in [0, 0.1) is 10.1 Å². The van der Waals surface area contributed by atoms with E-state index in [0.717, 1.165) is 31.4 Å². The van der Waals surface area contributed by atoms with Crippen molar-refractivity contribution < 1.29 is 4.92 Å². The van der Waals surface area contributed by atoms with Crippen molar-refractivity contribution in [3.63, 3.8) is 0 Å². The van der Waals surface area contributed by atoms with Gasteiger partial charge in [0.15, 0.2) is 0 Å². The second-order valence-electron chi connectivity index (χ2n) is 4.61. The number of halogens is 1. The molecule has 0 aromatic heterocycles. The molecule has 1 N–H and O–H groups in total. The van der Waals surface area contributed by atoms with Crippen LogP contribution in [0.2, 0.25) is 5.02 Å². The first-order valence-corrected chi connectivity index (χ1v) is 7.12. The van der Waals surface area contributed by atoms with Gasteiger partial charge in [-0.1, -0.05) is 31.9 Å². The highest BCUT2D eigenvalue weighted by molar-refractivity contribution is 6.30. The van der Waals surface area contributed by atoms with Crippen molar-refractivity contribution in [1.29, 1.82) is 0 Å². The normalized spacial score (nSPS) is 12.4. The Morgan fingerprint density at radius 1 is 1.37 bits per heavy atom. The van der Waals surface area contributed by atoms with Crippen molar-refractivity contribution in [1.82, 2.24) is 5.32 Å². The molecule has 1 unspecified atom stereocenters. The number of nitrogens with zero attached hydrogens (tertiary/aromatic N) is 1. The maximum Gasteiger partial charge on any atom is 0.272 e. The molecule has 1 atom stereocenters. The van der Waals surface area contributed by atoms with Gasteiger partial charge in [-0.3, -0.25) is 10.1 Å². The van der Waals surface area contributed by atoms with Crippen molar-refractivity contribution in [3.8, 4) is 0 Å². The quantitative estimate of drug-likeness (QED) is 0.581. The van der Waals surface area contributed by atoms with Crippen molar-refractivity contribution in [2.75, 3.05) is 6.54 Å². The number of aryl methyl sites for hydroxylation is 1. The van der Waals surface area contributed by atoms with Crippen LogP contribution in [0.3, 0.4) is 0 Å². The second-order valence-corrected chi connectivity index (χ2v) is 5.05. The molecule has 1 aromatic rings. The molecule has 0 aliphatic heterocycles. The van der Waals surface area contributed by atoms with Crippen molar-refractivity contribution in [2.24, 2.45) is 0 Å². The molecule has 0 amide bonds. The standard InChI is InChI=1S/C14H21ClN2O2/c1-3-5-13(16-4-2)8-6-11-10-12(15)7-9-14(11)17(18)19/h7,9-10,13,16H,3-6,8H2,1-2H3. The van der Waals surface area contributed by atoms with Crippen molar-refractivity contribution >= 4 is 17.3 Å². The highest BCUT2D eigenvalue weighted by atomic mass is 35.5. The van der Waals surface area contributed by atoms with E-state index in [2.05, 4.69) is 19.2 Å². The Kier molecular flexibility index (Phi) is 6.81. The SMILES string of the molecule is CCCC(CCc1cc(Cl)ccc1[N+](=O)[O-])NCC. The summed E-state index contributed by atoms with van der Waals surface area (Å²) in [7, 11) is 0. The molecule has 0 fully saturated rings. The lowest BCUT2D eigenvalue weighted by molar-refractivity contribution is -0.385. The molecule has 0 saturated heterocycles. The van der Waals surface area contributed by atoms with Crippen LogP contribution in [-0.4, -0.2) is 17.5 Å². The van der Waals surface area contributed by atoms with Crippen molar-refractivity contribution in [2.45, 2.75) is 45.6 Å². The van der Waals surface area contributed by atoms with Gasteiger partial charge >= 0.3 is 0 Å². The monoisotopic (exact) mass is 284 g/mol. The average molecular weight is 285 g/mol. The number of benzene rings is 1. The van der Waals surface area contributed by atoms with Crippen LogP contribution >= 0.6 is 11.6 Å². The topological polar surface area (TPSA) is 55.2 Å². The fourth-order valence-corrected chi connectivity index (χ4v) is 2.44. The smallest absolute Gasteiger partial charge is 0.272 e. The Hall–Kier alpha value is -1.13. The lowest BCUT2D eigenvalue weighted by Gasteiger charge is -2.16. The van der Waals surface area contributed by atoms with Crippen LogP contribution < -0.4 is 5.32 Å². The summed E-state index contributed by atoms with van der Waals surface area (Å²) in [6, 6.07) is 5.17. The van der Waals surface area contributed by atoms with Crippen LogP contribution in [-0.2, 0) is 6.42 Å². The van der Waals surface area contributed by atoms with Gasteiger partial charge in [-0.05, 0) is 37.9 Å². The second kappa shape index (κ2) is 8.12. The van der Waals surface area contributed by atoms with Gasteiger partial charge in [0.25, 0.3) is 5.69 Å². The summed E-state index contributed by atoms with van der Waals surface area (Å²) in [6.45, 7) is 5.14. The molecule has 0 spiro atoms. The van der Waals surface area contributed by atoms with E-state index in [4.69, 9.17) is 11.6 Å². The van der Waals surface area contributed by atoms with Gasteiger partial charge in [0.1, 0.15) is 0 Å². The maximum absolute atomic E-state index is 11.0. The summed E-state index contributed by atoms with van der Waals surface area (Å²) in [5, 5.41) is 14.9. The zero-order chi connectivity index (χ0) is 14.3. The zero-order valence-corrected chi connectivity index (χ0v) is 12.2. The number of hydrogen-bond donors (Lipinski definition) is 1. The molecular weight excluding hydrogens is 264 g/mol. The molecule has 5 heteroatoms. The molecule has 4 nitrogen and oxygen atoms in total. The van der Waals surface area contributed by atoms with E-state index >= 15 is 0 Å². The largest absolute Gasteiger partial charge is 0.314 e. The number of nitro groups is 1. The van der Waals surface area contributed by atoms with Gasteiger partial charge < -0.3 is 5.32 Å². The highest BCUT2D eigenvalue weighted by Crippen LogP contribution is 2.24. The van der Waals surface area contributed by atoms with E-state index in [0.29, 0.717) is 17.5 Å². The predicted molar refractivity (Wildman–Crippen MR) is 78.8 cm³/mol. The van der Waals surface area contributed by atoms with Gasteiger partial charge in [0, 0.05) is 22.7 Å². The minimum Gasteiger partial charge on any atom is -0.314 e. The van der Waals surface area contributed by atoms with Crippen LogP contribution in [0.1, 0.15) is 38.7 Å². The van der Waals surface area contributed by atoms with E-state index in [1.165, 1.54) is 6.07 Å². The molecule has 106 valence electrons. The molecule has 0 aliphatic rings. The van der Waals surface area contributed by atoms with Gasteiger partial charge in [0.2, 0.25) is 0 Å². The van der Waals surface area contributed by atoms with E-state index in [1.54, 1.807) is 12.1 Å². The van der Waals surface area contributed by atoms with Crippen LogP contribution in [0.5, 0.6) is 0 Å². The number of hydrogen-bond acceptors (Lipinski definition) is 3. The van der Waals surface area contributed by atoms with E-state index < -0.39 is 0 Å². The molecule has 0 heterocycles. The third-order valence-electron chi connectivity index (χ3n) is 3.13. The number of nitro benzene ring substituents is 1. The molecule has 1 aromatic carbocycles. The Morgan fingerprint density at radius 3 is 2.68 bits per heavy atom. The average Bonchev–Trinajstić information content (AvgIpc) is 2.36. The predicted octanol–water partition coefficient (Wildman–Crippen LogP) is 3.96. The third-order valence-corrected chi connectivity index (χ3v) is 3.37. The van der Waals surface area contributed by atoms with Gasteiger partial charge in [-0.15, -0.1) is 0 Å². The summed E-state index contributed by atoms with van der Waals surface area (Å²) < 4.78 is 0. The Labute approximate surface area is 119 Å². The molecule has 0 saturated carbocycles. The van der Waals surface area contributed by atoms with Crippen LogP contribution in [0.25, 0.3) is 0 Å². The Balaban J connectivity index is 2.74. The van der Waals surface area contributed by atoms with Crippen LogP contribution in [0.4, 0.5) is 5.69 Å². The molecule has 1 rings (SSSR count). The summed E-state index contributed by atoms with van der Waals surface area (Å²) >= 11 is 5.92. The molecular formula is C14H21ClN2O2. The lowest BCUT2D eigenvalue weighted by Crippen LogP contribution is -2.29. The molecule has 0 bridgehead atoms.